The molecular weight excluding hydrogens is 321 g/mol. The zero-order chi connectivity index (χ0) is 16.3. The third-order valence-electron chi connectivity index (χ3n) is 3.45. The lowest BCUT2D eigenvalue weighted by Gasteiger charge is -2.29. The second-order valence-electron chi connectivity index (χ2n) is 5.04. The first-order chi connectivity index (χ1) is 11.1. The van der Waals surface area contributed by atoms with Crippen molar-refractivity contribution < 1.29 is 17.5 Å². The lowest BCUT2D eigenvalue weighted by atomic mass is 10.3. The largest absolute Gasteiger partial charge is 0.378 e. The number of pyridine rings is 1. The molecule has 1 N–H and O–H groups in total. The molecule has 0 spiro atoms. The Hall–Kier alpha value is -2.19. The van der Waals surface area contributed by atoms with Gasteiger partial charge in [-0.1, -0.05) is 0 Å². The first-order valence-electron chi connectivity index (χ1n) is 7.12. The number of morpholine rings is 1. The van der Waals surface area contributed by atoms with E-state index in [2.05, 4.69) is 9.71 Å². The highest BCUT2D eigenvalue weighted by Crippen LogP contribution is 2.25. The van der Waals surface area contributed by atoms with Gasteiger partial charge in [0, 0.05) is 25.0 Å². The van der Waals surface area contributed by atoms with Crippen LogP contribution in [-0.2, 0) is 14.8 Å². The van der Waals surface area contributed by atoms with Gasteiger partial charge < -0.3 is 9.64 Å². The summed E-state index contributed by atoms with van der Waals surface area (Å²) in [5.41, 5.74) is 0.295. The molecule has 1 aromatic carbocycles. The molecule has 6 nitrogen and oxygen atoms in total. The third-order valence-corrected chi connectivity index (χ3v) is 4.85. The van der Waals surface area contributed by atoms with Crippen LogP contribution in [0, 0.1) is 5.82 Å². The van der Waals surface area contributed by atoms with Gasteiger partial charge >= 0.3 is 0 Å². The van der Waals surface area contributed by atoms with Crippen molar-refractivity contribution in [3.05, 3.63) is 48.4 Å². The molecule has 0 saturated carbocycles. The van der Waals surface area contributed by atoms with Gasteiger partial charge in [-0.2, -0.15) is 0 Å². The van der Waals surface area contributed by atoms with Gasteiger partial charge in [-0.15, -0.1) is 0 Å². The Morgan fingerprint density at radius 2 is 1.83 bits per heavy atom. The van der Waals surface area contributed by atoms with E-state index in [0.717, 1.165) is 0 Å². The van der Waals surface area contributed by atoms with Crippen molar-refractivity contribution in [2.45, 2.75) is 4.90 Å². The quantitative estimate of drug-likeness (QED) is 0.922. The number of anilines is 2. The van der Waals surface area contributed by atoms with Gasteiger partial charge in [0.1, 0.15) is 16.5 Å². The molecule has 2 aromatic rings. The SMILES string of the molecule is O=S(=O)(Nc1ccc(F)cc1)c1cccnc1N1CCOCC1. The van der Waals surface area contributed by atoms with Gasteiger partial charge in [0.2, 0.25) is 0 Å². The van der Waals surface area contributed by atoms with Crippen LogP contribution in [-0.4, -0.2) is 39.7 Å². The second kappa shape index (κ2) is 6.51. The van der Waals surface area contributed by atoms with E-state index in [4.69, 9.17) is 4.74 Å². The summed E-state index contributed by atoms with van der Waals surface area (Å²) in [6.07, 6.45) is 1.56. The Balaban J connectivity index is 1.91. The molecule has 122 valence electrons. The van der Waals surface area contributed by atoms with Crippen LogP contribution in [0.3, 0.4) is 0 Å². The van der Waals surface area contributed by atoms with Gasteiger partial charge in [-0.25, -0.2) is 17.8 Å². The van der Waals surface area contributed by atoms with Crippen molar-refractivity contribution >= 4 is 21.5 Å². The number of rotatable bonds is 4. The highest BCUT2D eigenvalue weighted by molar-refractivity contribution is 7.92. The minimum atomic E-state index is -3.82. The molecule has 0 amide bonds. The van der Waals surface area contributed by atoms with Gasteiger partial charge in [0.25, 0.3) is 10.0 Å². The number of halogens is 1. The van der Waals surface area contributed by atoms with Gasteiger partial charge in [-0.05, 0) is 36.4 Å². The van der Waals surface area contributed by atoms with E-state index in [1.165, 1.54) is 30.3 Å². The smallest absolute Gasteiger partial charge is 0.265 e. The van der Waals surface area contributed by atoms with E-state index in [1.54, 1.807) is 12.3 Å². The Bertz CT molecular complexity index is 775. The van der Waals surface area contributed by atoms with E-state index < -0.39 is 15.8 Å². The monoisotopic (exact) mass is 337 g/mol. The maximum absolute atomic E-state index is 12.9. The van der Waals surface area contributed by atoms with Crippen LogP contribution in [0.4, 0.5) is 15.9 Å². The van der Waals surface area contributed by atoms with Crippen LogP contribution >= 0.6 is 0 Å². The number of hydrogen-bond acceptors (Lipinski definition) is 5. The number of nitrogens with one attached hydrogen (secondary N) is 1. The highest BCUT2D eigenvalue weighted by atomic mass is 32.2. The molecule has 0 aliphatic carbocycles. The summed E-state index contributed by atoms with van der Waals surface area (Å²) in [4.78, 5) is 6.18. The molecule has 0 radical (unpaired) electrons. The van der Waals surface area contributed by atoms with Crippen molar-refractivity contribution in [3.63, 3.8) is 0 Å². The summed E-state index contributed by atoms with van der Waals surface area (Å²) in [6.45, 7) is 2.22. The number of nitrogens with zero attached hydrogens (tertiary/aromatic N) is 2. The first kappa shape index (κ1) is 15.7. The molecule has 1 fully saturated rings. The Kier molecular flexibility index (Phi) is 4.44. The number of hydrogen-bond donors (Lipinski definition) is 1. The summed E-state index contributed by atoms with van der Waals surface area (Å²) in [5.74, 6) is -0.0336. The number of benzene rings is 1. The molecule has 1 aliphatic rings. The van der Waals surface area contributed by atoms with Crippen LogP contribution in [0.25, 0.3) is 0 Å². The molecule has 0 bridgehead atoms. The van der Waals surface area contributed by atoms with Crippen LogP contribution in [0.1, 0.15) is 0 Å². The lowest BCUT2D eigenvalue weighted by molar-refractivity contribution is 0.122. The minimum Gasteiger partial charge on any atom is -0.378 e. The number of ether oxygens (including phenoxy) is 1. The molecule has 23 heavy (non-hydrogen) atoms. The predicted molar refractivity (Wildman–Crippen MR) is 84.5 cm³/mol. The Labute approximate surface area is 134 Å². The van der Waals surface area contributed by atoms with E-state index in [9.17, 15) is 12.8 Å². The second-order valence-corrected chi connectivity index (χ2v) is 6.69. The zero-order valence-electron chi connectivity index (χ0n) is 12.3. The predicted octanol–water partition coefficient (Wildman–Crippen LogP) is 1.86. The Morgan fingerprint density at radius 1 is 1.13 bits per heavy atom. The van der Waals surface area contributed by atoms with Crippen molar-refractivity contribution in [2.75, 3.05) is 35.9 Å². The molecule has 3 rings (SSSR count). The standard InChI is InChI=1S/C15H16FN3O3S/c16-12-3-5-13(6-4-12)18-23(20,21)14-2-1-7-17-15(14)19-8-10-22-11-9-19/h1-7,18H,8-11H2. The van der Waals surface area contributed by atoms with Crippen molar-refractivity contribution in [1.29, 1.82) is 0 Å². The van der Waals surface area contributed by atoms with Crippen molar-refractivity contribution in [1.82, 2.24) is 4.98 Å². The van der Waals surface area contributed by atoms with E-state index in [1.807, 2.05) is 4.90 Å². The number of sulfonamides is 1. The fraction of sp³-hybridized carbons (Fsp3) is 0.267. The molecule has 2 heterocycles. The van der Waals surface area contributed by atoms with E-state index >= 15 is 0 Å². The summed E-state index contributed by atoms with van der Waals surface area (Å²) in [6, 6.07) is 8.22. The summed E-state index contributed by atoms with van der Waals surface area (Å²) >= 11 is 0. The molecule has 1 saturated heterocycles. The molecule has 8 heteroatoms. The average molecular weight is 337 g/mol. The maximum Gasteiger partial charge on any atom is 0.265 e. The normalized spacial score (nSPS) is 15.4. The first-order valence-corrected chi connectivity index (χ1v) is 8.61. The summed E-state index contributed by atoms with van der Waals surface area (Å²) < 4.78 is 46.0. The van der Waals surface area contributed by atoms with Crippen LogP contribution in [0.5, 0.6) is 0 Å². The lowest BCUT2D eigenvalue weighted by Crippen LogP contribution is -2.37. The van der Waals surface area contributed by atoms with Crippen LogP contribution < -0.4 is 9.62 Å². The van der Waals surface area contributed by atoms with Crippen molar-refractivity contribution in [2.24, 2.45) is 0 Å². The summed E-state index contributed by atoms with van der Waals surface area (Å²) in [7, 11) is -3.82. The van der Waals surface area contributed by atoms with Gasteiger partial charge in [-0.3, -0.25) is 4.72 Å². The molecule has 1 aromatic heterocycles. The number of aromatic nitrogens is 1. The van der Waals surface area contributed by atoms with Crippen LogP contribution in [0.2, 0.25) is 0 Å². The molecular formula is C15H16FN3O3S. The maximum atomic E-state index is 12.9. The molecule has 0 atom stereocenters. The third kappa shape index (κ3) is 3.59. The highest BCUT2D eigenvalue weighted by Gasteiger charge is 2.24. The fourth-order valence-electron chi connectivity index (χ4n) is 2.33. The van der Waals surface area contributed by atoms with Gasteiger partial charge in [0.05, 0.1) is 13.2 Å². The molecule has 0 unspecified atom stereocenters. The van der Waals surface area contributed by atoms with Gasteiger partial charge in [0.15, 0.2) is 0 Å². The zero-order valence-corrected chi connectivity index (χ0v) is 13.1. The minimum absolute atomic E-state index is 0.0891. The van der Waals surface area contributed by atoms with E-state index in [-0.39, 0.29) is 4.90 Å². The van der Waals surface area contributed by atoms with Crippen LogP contribution in [0.15, 0.2) is 47.5 Å². The summed E-state index contributed by atoms with van der Waals surface area (Å²) in [5, 5.41) is 0. The van der Waals surface area contributed by atoms with Crippen molar-refractivity contribution in [3.8, 4) is 0 Å². The molecule has 1 aliphatic heterocycles. The van der Waals surface area contributed by atoms with E-state index in [0.29, 0.717) is 37.8 Å². The Morgan fingerprint density at radius 3 is 2.52 bits per heavy atom. The average Bonchev–Trinajstić information content (AvgIpc) is 2.58. The topological polar surface area (TPSA) is 71.5 Å². The fourth-order valence-corrected chi connectivity index (χ4v) is 3.57.